The fourth-order valence-corrected chi connectivity index (χ4v) is 14.5. The lowest BCUT2D eigenvalue weighted by atomic mass is 9.99. The number of hydrogen-bond acceptors (Lipinski definition) is 19. The molecule has 0 spiro atoms. The number of aromatic hydroxyl groups is 1. The number of primary amides is 1. The van der Waals surface area contributed by atoms with E-state index < -0.39 is 218 Å². The maximum Gasteiger partial charge on any atom is 0.303 e. The number of guanidine groups is 1. The predicted molar refractivity (Wildman–Crippen MR) is 399 cm³/mol. The van der Waals surface area contributed by atoms with Crippen molar-refractivity contribution in [2.24, 2.45) is 33.8 Å². The summed E-state index contributed by atoms with van der Waals surface area (Å²) in [4.78, 5) is 205. The van der Waals surface area contributed by atoms with Gasteiger partial charge in [0.05, 0.1) is 11.6 Å². The first-order chi connectivity index (χ1) is 51.3. The highest BCUT2D eigenvalue weighted by Gasteiger charge is 2.38. The second-order valence-electron chi connectivity index (χ2n) is 26.7. The van der Waals surface area contributed by atoms with Gasteiger partial charge in [-0.1, -0.05) is 102 Å². The molecule has 10 atom stereocenters. The molecule has 1 saturated carbocycles. The van der Waals surface area contributed by atoms with Crippen molar-refractivity contribution in [3.63, 3.8) is 0 Å². The minimum atomic E-state index is -1.79. The van der Waals surface area contributed by atoms with Crippen LogP contribution in [0.5, 0.6) is 5.75 Å². The molecule has 1 saturated heterocycles. The lowest BCUT2D eigenvalue weighted by Crippen LogP contribution is -2.61. The summed E-state index contributed by atoms with van der Waals surface area (Å²) < 4.78 is 15.9. The van der Waals surface area contributed by atoms with E-state index >= 15 is 9.18 Å². The van der Waals surface area contributed by atoms with E-state index in [-0.39, 0.29) is 67.0 Å². The van der Waals surface area contributed by atoms with Crippen LogP contribution in [0.15, 0.2) is 77.9 Å². The van der Waals surface area contributed by atoms with Crippen molar-refractivity contribution in [1.82, 2.24) is 63.1 Å². The number of aliphatic imine (C=N–C) groups is 1. The van der Waals surface area contributed by atoms with E-state index in [0.717, 1.165) is 34.4 Å². The van der Waals surface area contributed by atoms with Gasteiger partial charge in [0.1, 0.15) is 65.9 Å². The first-order valence-electron chi connectivity index (χ1n) is 35.1. The van der Waals surface area contributed by atoms with Gasteiger partial charge in [-0.2, -0.15) is 0 Å². The second kappa shape index (κ2) is 42.9. The summed E-state index contributed by atoms with van der Waals surface area (Å²) in [7, 11) is 1.63. The molecule has 12 amide bonds. The normalized spacial score (nSPS) is 21.5. The Morgan fingerprint density at radius 3 is 1.89 bits per heavy atom. The number of carboxylic acid groups (broad SMARTS) is 2. The van der Waals surface area contributed by atoms with E-state index in [4.69, 9.17) is 34.5 Å². The van der Waals surface area contributed by atoms with Crippen LogP contribution in [0, 0.1) is 11.7 Å². The summed E-state index contributed by atoms with van der Waals surface area (Å²) in [5.41, 5.74) is 24.3. The summed E-state index contributed by atoms with van der Waals surface area (Å²) in [5, 5.41) is 55.5. The lowest BCUT2D eigenvalue weighted by Gasteiger charge is -2.30. The van der Waals surface area contributed by atoms with Crippen molar-refractivity contribution < 1.29 is 86.8 Å². The molecule has 2 fully saturated rings. The monoisotopic (exact) mass is 1560 g/mol. The third-order valence-corrected chi connectivity index (χ3v) is 20.4. The molecule has 1 aliphatic carbocycles. The van der Waals surface area contributed by atoms with E-state index in [0.29, 0.717) is 34.9 Å². The Morgan fingerprint density at radius 1 is 0.685 bits per heavy atom. The fourth-order valence-electron chi connectivity index (χ4n) is 11.9. The standard InChI is InChI=1S/C70H95ClFN17O17S2/c1-36(2)60-69(106)85-50(30-39-10-8-14-44(71)59(39)72)66(103)82-46(16-9-26-78-70(75)76)62(99)77-27-25-54(91)80-47(21-23-57(94)95)63(100)84-51(31-40-32-79-45-15-7-6-13-43(40)45)67(104)83-48(22-24-58(96)97)64(101)86-52(61(74)98)34-107-108-35-53(68(105)88-60)87-65(102)49(29-38-17-19-42(90)20-18-38)81-55(92)33-89(41-11-4-5-12-41)56(93)28-37(3)73/h6-8,10,13-15,17-20,32,36-37,41,46-53,60,79,90H,4-5,9,11-12,16,21-31,33-35,73H2,1-3H3,(H2,74,98)(H,77,99)(H,80,91)(H,81,92)(H,82,103)(H,83,104)(H,84,100)(H,85,106)(H,86,101)(H,87,102)(H,88,105)(H,94,95)(H,96,97)(H4,75,76,78)/t37-,46+,47+,48+,49+,50+,51+,52+,53+,60+/m1/s1. The number of aromatic nitrogens is 1. The molecule has 2 heterocycles. The number of aromatic amines is 1. The van der Waals surface area contributed by atoms with Gasteiger partial charge < -0.3 is 101 Å². The van der Waals surface area contributed by atoms with Gasteiger partial charge in [0.15, 0.2) is 5.96 Å². The van der Waals surface area contributed by atoms with Crippen LogP contribution in [-0.2, 0) is 86.4 Å². The molecule has 22 N–H and O–H groups in total. The number of carbonyl (C=O) groups excluding carboxylic acids is 12. The molecule has 0 radical (unpaired) electrons. The Kier molecular flexibility index (Phi) is 34.4. The smallest absolute Gasteiger partial charge is 0.303 e. The molecule has 1 aliphatic heterocycles. The molecule has 3 aromatic carbocycles. The number of fused-ring (bicyclic) bond motifs is 1. The molecule has 108 heavy (non-hydrogen) atoms. The Bertz CT molecular complexity index is 3900. The van der Waals surface area contributed by atoms with Crippen LogP contribution in [0.2, 0.25) is 5.02 Å². The van der Waals surface area contributed by atoms with E-state index in [1.807, 2.05) is 0 Å². The van der Waals surface area contributed by atoms with Crippen LogP contribution < -0.4 is 76.1 Å². The number of benzene rings is 3. The van der Waals surface area contributed by atoms with Crippen LogP contribution in [0.4, 0.5) is 4.39 Å². The number of nitrogens with two attached hydrogens (primary N) is 4. The molecule has 2 aliphatic rings. The van der Waals surface area contributed by atoms with Gasteiger partial charge in [-0.3, -0.25) is 72.1 Å². The van der Waals surface area contributed by atoms with Crippen molar-refractivity contribution in [3.05, 3.63) is 100 Å². The van der Waals surface area contributed by atoms with Crippen molar-refractivity contribution in [2.45, 2.75) is 184 Å². The Hall–Kier alpha value is -10.3. The van der Waals surface area contributed by atoms with Gasteiger partial charge in [0.25, 0.3) is 0 Å². The average Bonchev–Trinajstić information content (AvgIpc) is 0.913. The zero-order chi connectivity index (χ0) is 79.3. The quantitative estimate of drug-likeness (QED) is 0.0161. The van der Waals surface area contributed by atoms with Crippen LogP contribution in [0.1, 0.15) is 115 Å². The molecule has 6 rings (SSSR count). The summed E-state index contributed by atoms with van der Waals surface area (Å²) in [6.07, 6.45) is -0.417. The first-order valence-corrected chi connectivity index (χ1v) is 38.0. The van der Waals surface area contributed by atoms with Gasteiger partial charge in [0, 0.05) is 98.7 Å². The molecule has 4 aromatic rings. The Balaban J connectivity index is 1.43. The van der Waals surface area contributed by atoms with E-state index in [9.17, 15) is 77.6 Å². The van der Waals surface area contributed by atoms with Gasteiger partial charge in [-0.25, -0.2) is 4.39 Å². The molecule has 38 heteroatoms. The van der Waals surface area contributed by atoms with Crippen molar-refractivity contribution in [2.75, 3.05) is 31.1 Å². The number of phenolic OH excluding ortho intramolecular Hbond substituents is 1. The third kappa shape index (κ3) is 28.1. The van der Waals surface area contributed by atoms with Crippen molar-refractivity contribution in [3.8, 4) is 5.75 Å². The SMILES string of the molecule is CC(C)[C@@H]1NC(=O)[C@@H](NC(=O)[C@H](Cc2ccc(O)cc2)NC(=O)CN(C(=O)C[C@@H](C)N)C2CCCC2)CSSC[C@@H](C(N)=O)NC(=O)[C@H](CCC(=O)O)NC(=O)[C@H](Cc2c[nH]c3ccccc23)NC(=O)[C@H](CCC(=O)O)NC(=O)CCNC(=O)[C@H](CCCN=C(N)N)NC(=O)[C@H](Cc2cccc(Cl)c2F)NC1=O. The largest absolute Gasteiger partial charge is 0.508 e. The maximum absolute atomic E-state index is 15.9. The number of carbonyl (C=O) groups is 14. The highest BCUT2D eigenvalue weighted by molar-refractivity contribution is 8.76. The Morgan fingerprint density at radius 2 is 1.27 bits per heavy atom. The second-order valence-corrected chi connectivity index (χ2v) is 29.6. The number of aliphatic carboxylic acids is 2. The lowest BCUT2D eigenvalue weighted by molar-refractivity contribution is -0.139. The van der Waals surface area contributed by atoms with Crippen LogP contribution >= 0.6 is 33.2 Å². The summed E-state index contributed by atoms with van der Waals surface area (Å²) in [6, 6.07) is 0.505. The highest BCUT2D eigenvalue weighted by atomic mass is 35.5. The number of hydrogen-bond donors (Lipinski definition) is 18. The molecule has 0 unspecified atom stereocenters. The highest BCUT2D eigenvalue weighted by Crippen LogP contribution is 2.27. The predicted octanol–water partition coefficient (Wildman–Crippen LogP) is -0.609. The van der Waals surface area contributed by atoms with Gasteiger partial charge in [0.2, 0.25) is 70.9 Å². The van der Waals surface area contributed by atoms with Gasteiger partial charge in [-0.15, -0.1) is 0 Å². The fraction of sp³-hybridized carbons (Fsp3) is 0.500. The van der Waals surface area contributed by atoms with Crippen molar-refractivity contribution in [1.29, 1.82) is 0 Å². The molecule has 0 bridgehead atoms. The van der Waals surface area contributed by atoms with Crippen LogP contribution in [-0.4, -0.2) is 212 Å². The summed E-state index contributed by atoms with van der Waals surface area (Å²) >= 11 is 6.20. The number of carboxylic acids is 2. The topological polar surface area (TPSA) is 555 Å². The summed E-state index contributed by atoms with van der Waals surface area (Å²) in [5.74, 6) is -17.7. The minimum Gasteiger partial charge on any atom is -0.508 e. The number of phenols is 1. The number of H-pyrrole nitrogens is 1. The van der Waals surface area contributed by atoms with E-state index in [1.54, 1.807) is 31.2 Å². The van der Waals surface area contributed by atoms with Crippen LogP contribution in [0.3, 0.4) is 0 Å². The molecular weight excluding hydrogens is 1470 g/mol. The third-order valence-electron chi connectivity index (χ3n) is 17.6. The molecule has 34 nitrogen and oxygen atoms in total. The maximum atomic E-state index is 15.9. The van der Waals surface area contributed by atoms with Gasteiger partial charge in [-0.05, 0) is 92.3 Å². The average molecular weight is 1570 g/mol. The first kappa shape index (κ1) is 86.6. The molecule has 1 aromatic heterocycles. The molecule has 588 valence electrons. The minimum absolute atomic E-state index is 0.0207. The molecular formula is C70H95ClFN17O17S2. The van der Waals surface area contributed by atoms with E-state index in [1.165, 1.54) is 67.4 Å². The number of nitrogens with one attached hydrogen (secondary N) is 11. The summed E-state index contributed by atoms with van der Waals surface area (Å²) in [6.45, 7) is 3.60. The number of amides is 12. The number of nitrogens with zero attached hydrogens (tertiary/aromatic N) is 2. The van der Waals surface area contributed by atoms with Crippen molar-refractivity contribution >= 4 is 133 Å². The number of rotatable bonds is 26. The van der Waals surface area contributed by atoms with Gasteiger partial charge >= 0.3 is 11.9 Å². The number of para-hydroxylation sites is 1. The van der Waals surface area contributed by atoms with E-state index in [2.05, 4.69) is 63.1 Å². The zero-order valence-corrected chi connectivity index (χ0v) is 62.2. The zero-order valence-electron chi connectivity index (χ0n) is 59.8. The van der Waals surface area contributed by atoms with Crippen LogP contribution in [0.25, 0.3) is 10.9 Å². The number of halogens is 2. The Labute approximate surface area is 634 Å².